The van der Waals surface area contributed by atoms with Gasteiger partial charge in [0.05, 0.1) is 12.0 Å². The Morgan fingerprint density at radius 1 is 1.22 bits per heavy atom. The number of benzene rings is 1. The molecular formula is C17H18F2N4. The van der Waals surface area contributed by atoms with E-state index in [1.54, 1.807) is 18.6 Å². The number of aromatic nitrogens is 4. The molecule has 0 saturated heterocycles. The standard InChI is InChI=1S/C17H18F2N4/c1-11-4-3-5-14(12(11)2)15(16-9-20-10-21-16)8-13-6-7-23(22-13)17(18)19/h3-7,9-10,15,17H,8H2,1-2H3,(H,20,21)/t15-/m0/s1. The molecule has 3 rings (SSSR count). The molecule has 2 heterocycles. The predicted molar refractivity (Wildman–Crippen MR) is 83.5 cm³/mol. The first-order chi connectivity index (χ1) is 11.1. The minimum atomic E-state index is -2.62. The Bertz CT molecular complexity index is 778. The van der Waals surface area contributed by atoms with Crippen molar-refractivity contribution >= 4 is 0 Å². The van der Waals surface area contributed by atoms with Crippen LogP contribution in [-0.4, -0.2) is 19.7 Å². The van der Waals surface area contributed by atoms with Gasteiger partial charge in [0, 0.05) is 30.4 Å². The van der Waals surface area contributed by atoms with Gasteiger partial charge in [-0.1, -0.05) is 18.2 Å². The summed E-state index contributed by atoms with van der Waals surface area (Å²) in [4.78, 5) is 7.23. The third-order valence-electron chi connectivity index (χ3n) is 4.19. The molecule has 0 fully saturated rings. The zero-order valence-corrected chi connectivity index (χ0v) is 13.0. The second-order valence-corrected chi connectivity index (χ2v) is 5.62. The molecule has 23 heavy (non-hydrogen) atoms. The Kier molecular flexibility index (Phi) is 4.23. The first kappa shape index (κ1) is 15.4. The minimum Gasteiger partial charge on any atom is -0.348 e. The lowest BCUT2D eigenvalue weighted by atomic mass is 9.87. The number of imidazole rings is 1. The van der Waals surface area contributed by atoms with Gasteiger partial charge in [-0.25, -0.2) is 9.67 Å². The topological polar surface area (TPSA) is 46.5 Å². The molecule has 0 saturated carbocycles. The zero-order valence-electron chi connectivity index (χ0n) is 13.0. The van der Waals surface area contributed by atoms with Crippen LogP contribution < -0.4 is 0 Å². The van der Waals surface area contributed by atoms with Crippen LogP contribution in [0.5, 0.6) is 0 Å². The molecule has 0 aliphatic rings. The van der Waals surface area contributed by atoms with Gasteiger partial charge in [-0.15, -0.1) is 0 Å². The molecule has 4 nitrogen and oxygen atoms in total. The molecule has 120 valence electrons. The summed E-state index contributed by atoms with van der Waals surface area (Å²) in [7, 11) is 0. The molecule has 0 unspecified atom stereocenters. The Balaban J connectivity index is 1.98. The van der Waals surface area contributed by atoms with Crippen molar-refractivity contribution in [2.24, 2.45) is 0 Å². The van der Waals surface area contributed by atoms with Gasteiger partial charge in [0.1, 0.15) is 0 Å². The molecule has 0 radical (unpaired) electrons. The molecule has 0 aliphatic heterocycles. The van der Waals surface area contributed by atoms with Crippen LogP contribution in [0, 0.1) is 13.8 Å². The van der Waals surface area contributed by atoms with E-state index in [4.69, 9.17) is 0 Å². The van der Waals surface area contributed by atoms with E-state index in [9.17, 15) is 8.78 Å². The number of aromatic amines is 1. The fourth-order valence-electron chi connectivity index (χ4n) is 2.80. The Labute approximate surface area is 133 Å². The van der Waals surface area contributed by atoms with Gasteiger partial charge in [0.15, 0.2) is 0 Å². The van der Waals surface area contributed by atoms with Crippen LogP contribution in [0.1, 0.15) is 40.5 Å². The van der Waals surface area contributed by atoms with Crippen molar-refractivity contribution in [2.45, 2.75) is 32.7 Å². The van der Waals surface area contributed by atoms with Crippen LogP contribution >= 0.6 is 0 Å². The SMILES string of the molecule is Cc1cccc([C@H](Cc2ccn(C(F)F)n2)c2cnc[nH]2)c1C. The summed E-state index contributed by atoms with van der Waals surface area (Å²) < 4.78 is 26.1. The van der Waals surface area contributed by atoms with E-state index in [-0.39, 0.29) is 5.92 Å². The van der Waals surface area contributed by atoms with Crippen molar-refractivity contribution in [2.75, 3.05) is 0 Å². The fraction of sp³-hybridized carbons (Fsp3) is 0.294. The summed E-state index contributed by atoms with van der Waals surface area (Å²) in [5.74, 6) is -0.00146. The Morgan fingerprint density at radius 3 is 2.70 bits per heavy atom. The maximum absolute atomic E-state index is 12.7. The predicted octanol–water partition coefficient (Wildman–Crippen LogP) is 3.99. The van der Waals surface area contributed by atoms with Gasteiger partial charge in [0.2, 0.25) is 0 Å². The highest BCUT2D eigenvalue weighted by Crippen LogP contribution is 2.30. The molecular weight excluding hydrogens is 298 g/mol. The summed E-state index contributed by atoms with van der Waals surface area (Å²) >= 11 is 0. The van der Waals surface area contributed by atoms with E-state index in [0.29, 0.717) is 16.8 Å². The third-order valence-corrected chi connectivity index (χ3v) is 4.19. The third kappa shape index (κ3) is 3.16. The van der Waals surface area contributed by atoms with Crippen molar-refractivity contribution in [3.8, 4) is 0 Å². The fourth-order valence-corrected chi connectivity index (χ4v) is 2.80. The van der Waals surface area contributed by atoms with Gasteiger partial charge in [0.25, 0.3) is 0 Å². The first-order valence-corrected chi connectivity index (χ1v) is 7.43. The number of rotatable bonds is 5. The molecule has 1 N–H and O–H groups in total. The molecule has 0 spiro atoms. The largest absolute Gasteiger partial charge is 0.348 e. The summed E-state index contributed by atoms with van der Waals surface area (Å²) in [6.07, 6.45) is 5.25. The second-order valence-electron chi connectivity index (χ2n) is 5.62. The van der Waals surface area contributed by atoms with Crippen molar-refractivity contribution in [3.05, 3.63) is 71.1 Å². The molecule has 0 aliphatic carbocycles. The van der Waals surface area contributed by atoms with Gasteiger partial charge >= 0.3 is 6.55 Å². The van der Waals surface area contributed by atoms with E-state index in [0.717, 1.165) is 11.3 Å². The average molecular weight is 316 g/mol. The van der Waals surface area contributed by atoms with Gasteiger partial charge in [-0.05, 0) is 36.6 Å². The molecule has 1 aromatic carbocycles. The normalized spacial score (nSPS) is 12.7. The van der Waals surface area contributed by atoms with Crippen LogP contribution in [0.15, 0.2) is 43.0 Å². The van der Waals surface area contributed by atoms with Crippen molar-refractivity contribution in [3.63, 3.8) is 0 Å². The second kappa shape index (κ2) is 6.32. The smallest absolute Gasteiger partial charge is 0.333 e. The molecule has 2 aromatic heterocycles. The Hall–Kier alpha value is -2.50. The zero-order chi connectivity index (χ0) is 16.4. The van der Waals surface area contributed by atoms with E-state index in [2.05, 4.69) is 41.0 Å². The molecule has 0 bridgehead atoms. The van der Waals surface area contributed by atoms with E-state index in [1.807, 2.05) is 6.07 Å². The van der Waals surface area contributed by atoms with E-state index < -0.39 is 6.55 Å². The maximum Gasteiger partial charge on any atom is 0.333 e. The van der Waals surface area contributed by atoms with Crippen LogP contribution in [0.2, 0.25) is 0 Å². The summed E-state index contributed by atoms with van der Waals surface area (Å²) in [5.41, 5.74) is 5.13. The van der Waals surface area contributed by atoms with Crippen molar-refractivity contribution in [1.82, 2.24) is 19.7 Å². The average Bonchev–Trinajstić information content (AvgIpc) is 3.19. The lowest BCUT2D eigenvalue weighted by molar-refractivity contribution is 0.0561. The van der Waals surface area contributed by atoms with E-state index in [1.165, 1.54) is 17.3 Å². The van der Waals surface area contributed by atoms with Crippen LogP contribution in [0.25, 0.3) is 0 Å². The van der Waals surface area contributed by atoms with Crippen LogP contribution in [0.4, 0.5) is 8.78 Å². The van der Waals surface area contributed by atoms with Gasteiger partial charge in [-0.3, -0.25) is 0 Å². The van der Waals surface area contributed by atoms with Crippen LogP contribution in [-0.2, 0) is 6.42 Å². The number of hydrogen-bond acceptors (Lipinski definition) is 2. The summed E-state index contributed by atoms with van der Waals surface area (Å²) in [6, 6.07) is 7.78. The number of nitrogens with zero attached hydrogens (tertiary/aromatic N) is 3. The maximum atomic E-state index is 12.7. The Morgan fingerprint density at radius 2 is 2.04 bits per heavy atom. The lowest BCUT2D eigenvalue weighted by Gasteiger charge is -2.18. The van der Waals surface area contributed by atoms with Gasteiger partial charge in [-0.2, -0.15) is 13.9 Å². The highest BCUT2D eigenvalue weighted by atomic mass is 19.3. The number of halogens is 2. The molecule has 1 atom stereocenters. The van der Waals surface area contributed by atoms with Crippen molar-refractivity contribution in [1.29, 1.82) is 0 Å². The highest BCUT2D eigenvalue weighted by Gasteiger charge is 2.20. The van der Waals surface area contributed by atoms with Crippen LogP contribution in [0.3, 0.4) is 0 Å². The molecule has 3 aromatic rings. The number of hydrogen-bond donors (Lipinski definition) is 1. The minimum absolute atomic E-state index is 0.00146. The number of aryl methyl sites for hydroxylation is 1. The number of nitrogens with one attached hydrogen (secondary N) is 1. The summed E-state index contributed by atoms with van der Waals surface area (Å²) in [6.45, 7) is 1.52. The van der Waals surface area contributed by atoms with Gasteiger partial charge < -0.3 is 4.98 Å². The van der Waals surface area contributed by atoms with Crippen molar-refractivity contribution < 1.29 is 8.78 Å². The monoisotopic (exact) mass is 316 g/mol. The molecule has 6 heteroatoms. The highest BCUT2D eigenvalue weighted by molar-refractivity contribution is 5.40. The van der Waals surface area contributed by atoms with E-state index >= 15 is 0 Å². The number of alkyl halides is 2. The quantitative estimate of drug-likeness (QED) is 0.773. The lowest BCUT2D eigenvalue weighted by Crippen LogP contribution is -2.09. The summed E-state index contributed by atoms with van der Waals surface area (Å²) in [5, 5.41) is 3.97. The number of H-pyrrole nitrogens is 1. The first-order valence-electron chi connectivity index (χ1n) is 7.43. The molecule has 0 amide bonds.